The van der Waals surface area contributed by atoms with Crippen molar-refractivity contribution in [2.45, 2.75) is 31.6 Å². The van der Waals surface area contributed by atoms with Crippen LogP contribution in [0.25, 0.3) is 0 Å². The van der Waals surface area contributed by atoms with Crippen LogP contribution in [-0.4, -0.2) is 6.54 Å². The van der Waals surface area contributed by atoms with E-state index in [-0.39, 0.29) is 0 Å². The third-order valence-corrected chi connectivity index (χ3v) is 4.76. The third-order valence-electron chi connectivity index (χ3n) is 4.36. The molecule has 3 aliphatic rings. The van der Waals surface area contributed by atoms with Gasteiger partial charge in [0.2, 0.25) is 0 Å². The maximum atomic E-state index is 6.16. The number of benzene rings is 1. The van der Waals surface area contributed by atoms with Crippen LogP contribution in [0.2, 0.25) is 5.02 Å². The Labute approximate surface area is 95.6 Å². The molecule has 3 saturated carbocycles. The number of nitrogens with two attached hydrogens (primary N) is 1. The van der Waals surface area contributed by atoms with Gasteiger partial charge in [-0.25, -0.2) is 0 Å². The molecule has 3 fully saturated rings. The van der Waals surface area contributed by atoms with Crippen LogP contribution in [0.4, 0.5) is 0 Å². The Balaban J connectivity index is 1.88. The van der Waals surface area contributed by atoms with Crippen molar-refractivity contribution >= 4 is 11.6 Å². The van der Waals surface area contributed by atoms with Crippen LogP contribution in [0, 0.1) is 12.3 Å². The van der Waals surface area contributed by atoms with E-state index in [1.54, 1.807) is 0 Å². The first kappa shape index (κ1) is 9.68. The van der Waals surface area contributed by atoms with Crippen LogP contribution >= 0.6 is 11.6 Å². The van der Waals surface area contributed by atoms with Crippen molar-refractivity contribution < 1.29 is 0 Å². The van der Waals surface area contributed by atoms with Crippen molar-refractivity contribution in [3.05, 3.63) is 34.3 Å². The van der Waals surface area contributed by atoms with Crippen molar-refractivity contribution in [1.82, 2.24) is 0 Å². The van der Waals surface area contributed by atoms with Crippen molar-refractivity contribution in [3.8, 4) is 0 Å². The molecule has 0 saturated heterocycles. The second-order valence-electron chi connectivity index (χ2n) is 5.48. The average Bonchev–Trinajstić information content (AvgIpc) is 2.07. The van der Waals surface area contributed by atoms with Crippen LogP contribution in [0.1, 0.15) is 30.4 Å². The van der Waals surface area contributed by atoms with Gasteiger partial charge in [-0.1, -0.05) is 23.7 Å². The number of hydrogen-bond donors (Lipinski definition) is 1. The Morgan fingerprint density at radius 2 is 2.00 bits per heavy atom. The molecule has 2 bridgehead atoms. The molecule has 0 unspecified atom stereocenters. The van der Waals surface area contributed by atoms with E-state index in [1.807, 2.05) is 0 Å². The van der Waals surface area contributed by atoms with Crippen LogP contribution in [0.15, 0.2) is 18.2 Å². The zero-order valence-electron chi connectivity index (χ0n) is 9.02. The second-order valence-corrected chi connectivity index (χ2v) is 5.89. The van der Waals surface area contributed by atoms with Crippen LogP contribution in [0.5, 0.6) is 0 Å². The highest BCUT2D eigenvalue weighted by molar-refractivity contribution is 6.31. The molecule has 0 amide bonds. The lowest BCUT2D eigenvalue weighted by Crippen LogP contribution is -2.67. The Morgan fingerprint density at radius 3 is 2.53 bits per heavy atom. The predicted octanol–water partition coefficient (Wildman–Crippen LogP) is 3.03. The summed E-state index contributed by atoms with van der Waals surface area (Å²) in [6.45, 7) is 2.91. The lowest BCUT2D eigenvalue weighted by Gasteiger charge is -2.71. The standard InChI is InChI=1S/C13H16ClN/c1-9-2-3-10(4-11(9)14)13-5-12(6-13,7-13)8-15/h2-4H,5-8,15H2,1H3. The SMILES string of the molecule is Cc1ccc(C23CC(CN)(C2)C3)cc1Cl. The molecule has 3 aliphatic carbocycles. The van der Waals surface area contributed by atoms with Crippen LogP contribution < -0.4 is 5.73 Å². The Morgan fingerprint density at radius 1 is 1.33 bits per heavy atom. The van der Waals surface area contributed by atoms with Gasteiger partial charge in [-0.15, -0.1) is 0 Å². The molecule has 1 nitrogen and oxygen atoms in total. The molecule has 4 rings (SSSR count). The van der Waals surface area contributed by atoms with Gasteiger partial charge in [0.05, 0.1) is 0 Å². The van der Waals surface area contributed by atoms with Gasteiger partial charge in [-0.3, -0.25) is 0 Å². The molecule has 0 aromatic heterocycles. The summed E-state index contributed by atoms with van der Waals surface area (Å²) >= 11 is 6.16. The first-order valence-electron chi connectivity index (χ1n) is 5.56. The van der Waals surface area contributed by atoms with Gasteiger partial charge in [-0.05, 0) is 60.8 Å². The summed E-state index contributed by atoms with van der Waals surface area (Å²) in [6.07, 6.45) is 3.82. The van der Waals surface area contributed by atoms with Crippen LogP contribution in [0.3, 0.4) is 0 Å². The van der Waals surface area contributed by atoms with E-state index in [0.717, 1.165) is 11.6 Å². The normalized spacial score (nSPS) is 37.0. The molecule has 2 N–H and O–H groups in total. The fourth-order valence-corrected chi connectivity index (χ4v) is 3.62. The van der Waals surface area contributed by atoms with E-state index in [2.05, 4.69) is 25.1 Å². The zero-order chi connectivity index (χ0) is 10.7. The molecule has 0 spiro atoms. The molecule has 0 aliphatic heterocycles. The molecular weight excluding hydrogens is 206 g/mol. The van der Waals surface area contributed by atoms with E-state index in [4.69, 9.17) is 17.3 Å². The Hall–Kier alpha value is -0.530. The van der Waals surface area contributed by atoms with E-state index in [1.165, 1.54) is 30.4 Å². The quantitative estimate of drug-likeness (QED) is 0.817. The van der Waals surface area contributed by atoms with E-state index < -0.39 is 0 Å². The smallest absolute Gasteiger partial charge is 0.0438 e. The van der Waals surface area contributed by atoms with Gasteiger partial charge >= 0.3 is 0 Å². The number of rotatable bonds is 2. The highest BCUT2D eigenvalue weighted by Gasteiger charge is 2.67. The highest BCUT2D eigenvalue weighted by Crippen LogP contribution is 2.73. The summed E-state index contributed by atoms with van der Waals surface area (Å²) in [5, 5.41) is 0.902. The monoisotopic (exact) mass is 221 g/mol. The minimum absolute atomic E-state index is 0.441. The first-order chi connectivity index (χ1) is 7.09. The summed E-state index contributed by atoms with van der Waals surface area (Å²) in [7, 11) is 0. The maximum absolute atomic E-state index is 6.16. The zero-order valence-corrected chi connectivity index (χ0v) is 9.77. The molecule has 80 valence electrons. The summed E-state index contributed by atoms with van der Waals surface area (Å²) in [4.78, 5) is 0. The number of aryl methyl sites for hydroxylation is 1. The average molecular weight is 222 g/mol. The van der Waals surface area contributed by atoms with Crippen molar-refractivity contribution in [2.75, 3.05) is 6.54 Å². The molecular formula is C13H16ClN. The first-order valence-corrected chi connectivity index (χ1v) is 5.94. The molecule has 1 aromatic carbocycles. The van der Waals surface area contributed by atoms with E-state index in [9.17, 15) is 0 Å². The molecule has 0 heterocycles. The summed E-state index contributed by atoms with van der Waals surface area (Å²) in [5.74, 6) is 0. The van der Waals surface area contributed by atoms with E-state index in [0.29, 0.717) is 10.8 Å². The molecule has 15 heavy (non-hydrogen) atoms. The van der Waals surface area contributed by atoms with Gasteiger partial charge in [0.1, 0.15) is 0 Å². The Bertz CT molecular complexity index is 405. The van der Waals surface area contributed by atoms with Crippen molar-refractivity contribution in [3.63, 3.8) is 0 Å². The maximum Gasteiger partial charge on any atom is 0.0438 e. The second kappa shape index (κ2) is 2.78. The highest BCUT2D eigenvalue weighted by atomic mass is 35.5. The minimum Gasteiger partial charge on any atom is -0.330 e. The van der Waals surface area contributed by atoms with Gasteiger partial charge < -0.3 is 5.73 Å². The third kappa shape index (κ3) is 1.14. The summed E-state index contributed by atoms with van der Waals surface area (Å²) < 4.78 is 0. The summed E-state index contributed by atoms with van der Waals surface area (Å²) in [6, 6.07) is 6.52. The number of halogens is 1. The van der Waals surface area contributed by atoms with Crippen molar-refractivity contribution in [2.24, 2.45) is 11.1 Å². The number of hydrogen-bond acceptors (Lipinski definition) is 1. The van der Waals surface area contributed by atoms with Gasteiger partial charge in [0.25, 0.3) is 0 Å². The lowest BCUT2D eigenvalue weighted by molar-refractivity contribution is -0.132. The Kier molecular flexibility index (Phi) is 1.79. The topological polar surface area (TPSA) is 26.0 Å². The van der Waals surface area contributed by atoms with Gasteiger partial charge in [-0.2, -0.15) is 0 Å². The summed E-state index contributed by atoms with van der Waals surface area (Å²) in [5.41, 5.74) is 9.30. The lowest BCUT2D eigenvalue weighted by atomic mass is 9.33. The predicted molar refractivity (Wildman–Crippen MR) is 63.2 cm³/mol. The fourth-order valence-electron chi connectivity index (χ4n) is 3.44. The van der Waals surface area contributed by atoms with Gasteiger partial charge in [0, 0.05) is 5.02 Å². The molecule has 0 atom stereocenters. The largest absolute Gasteiger partial charge is 0.330 e. The molecule has 2 heteroatoms. The van der Waals surface area contributed by atoms with Gasteiger partial charge in [0.15, 0.2) is 0 Å². The molecule has 1 aromatic rings. The van der Waals surface area contributed by atoms with Crippen molar-refractivity contribution in [1.29, 1.82) is 0 Å². The minimum atomic E-state index is 0.441. The van der Waals surface area contributed by atoms with E-state index >= 15 is 0 Å². The fraction of sp³-hybridized carbons (Fsp3) is 0.538. The molecule has 0 radical (unpaired) electrons. The van der Waals surface area contributed by atoms with Crippen LogP contribution in [-0.2, 0) is 5.41 Å².